The molecule has 0 aliphatic carbocycles. The van der Waals surface area contributed by atoms with Crippen LogP contribution in [0.25, 0.3) is 10.8 Å². The van der Waals surface area contributed by atoms with Crippen LogP contribution in [0.1, 0.15) is 11.9 Å². The maximum Gasteiger partial charge on any atom is 0.240 e. The first kappa shape index (κ1) is 15.7. The highest BCUT2D eigenvalue weighted by Gasteiger charge is 2.19. The van der Waals surface area contributed by atoms with Gasteiger partial charge in [-0.1, -0.05) is 30.3 Å². The van der Waals surface area contributed by atoms with Gasteiger partial charge in [0.25, 0.3) is 0 Å². The Labute approximate surface area is 134 Å². The number of hydrogen-bond acceptors (Lipinski definition) is 4. The predicted molar refractivity (Wildman–Crippen MR) is 87.6 cm³/mol. The monoisotopic (exact) mass is 331 g/mol. The zero-order valence-electron chi connectivity index (χ0n) is 12.6. The minimum atomic E-state index is -3.62. The molecule has 0 saturated carbocycles. The van der Waals surface area contributed by atoms with Crippen LogP contribution in [0.2, 0.25) is 0 Å². The highest BCUT2D eigenvalue weighted by Crippen LogP contribution is 2.20. The van der Waals surface area contributed by atoms with Crippen LogP contribution in [0.3, 0.4) is 0 Å². The van der Waals surface area contributed by atoms with Gasteiger partial charge in [-0.3, -0.25) is 0 Å². The zero-order chi connectivity index (χ0) is 16.3. The summed E-state index contributed by atoms with van der Waals surface area (Å²) in [6, 6.07) is 16.2. The summed E-state index contributed by atoms with van der Waals surface area (Å²) >= 11 is 0. The van der Waals surface area contributed by atoms with Gasteiger partial charge in [-0.15, -0.1) is 0 Å². The van der Waals surface area contributed by atoms with Crippen LogP contribution in [0.5, 0.6) is 0 Å². The van der Waals surface area contributed by atoms with Crippen molar-refractivity contribution >= 4 is 20.8 Å². The normalized spacial score (nSPS) is 13.3. The molecule has 5 nitrogen and oxygen atoms in total. The Morgan fingerprint density at radius 3 is 2.57 bits per heavy atom. The molecule has 23 heavy (non-hydrogen) atoms. The first-order valence-corrected chi connectivity index (χ1v) is 8.63. The Morgan fingerprint density at radius 2 is 1.87 bits per heavy atom. The van der Waals surface area contributed by atoms with Crippen molar-refractivity contribution in [2.45, 2.75) is 11.0 Å². The molecule has 3 aromatic rings. The smallest absolute Gasteiger partial charge is 0.240 e. The summed E-state index contributed by atoms with van der Waals surface area (Å²) in [6.07, 6.45) is 1.05. The van der Waals surface area contributed by atoms with Crippen molar-refractivity contribution in [2.24, 2.45) is 0 Å². The summed E-state index contributed by atoms with van der Waals surface area (Å²) in [6.45, 7) is 0.0964. The number of nitrogens with one attached hydrogen (secondary N) is 1. The SMILES string of the molecule is COC(CNS(=O)(=O)c1ccc2ccccc2c1)c1ccco1. The van der Waals surface area contributed by atoms with Gasteiger partial charge in [-0.2, -0.15) is 0 Å². The summed E-state index contributed by atoms with van der Waals surface area (Å²) in [5, 5.41) is 1.88. The molecule has 3 rings (SSSR count). The van der Waals surface area contributed by atoms with E-state index in [1.54, 1.807) is 30.3 Å². The fourth-order valence-electron chi connectivity index (χ4n) is 2.38. The summed E-state index contributed by atoms with van der Waals surface area (Å²) in [4.78, 5) is 0.227. The fourth-order valence-corrected chi connectivity index (χ4v) is 3.44. The van der Waals surface area contributed by atoms with E-state index in [0.717, 1.165) is 10.8 Å². The van der Waals surface area contributed by atoms with Crippen molar-refractivity contribution in [1.82, 2.24) is 4.72 Å². The number of methoxy groups -OCH3 is 1. The van der Waals surface area contributed by atoms with Gasteiger partial charge in [-0.25, -0.2) is 13.1 Å². The first-order chi connectivity index (χ1) is 11.1. The third-order valence-electron chi connectivity index (χ3n) is 3.64. The summed E-state index contributed by atoms with van der Waals surface area (Å²) in [5.74, 6) is 0.578. The van der Waals surface area contributed by atoms with Crippen LogP contribution >= 0.6 is 0 Å². The molecule has 0 bridgehead atoms. The van der Waals surface area contributed by atoms with Crippen LogP contribution < -0.4 is 4.72 Å². The second kappa shape index (κ2) is 6.54. The van der Waals surface area contributed by atoms with E-state index in [0.29, 0.717) is 5.76 Å². The molecule has 0 fully saturated rings. The van der Waals surface area contributed by atoms with E-state index >= 15 is 0 Å². The van der Waals surface area contributed by atoms with E-state index in [2.05, 4.69) is 4.72 Å². The average Bonchev–Trinajstić information content (AvgIpc) is 3.09. The van der Waals surface area contributed by atoms with Crippen LogP contribution in [0.4, 0.5) is 0 Å². The predicted octanol–water partition coefficient (Wildman–Crippen LogP) is 3.10. The molecular formula is C17H17NO4S. The molecule has 1 N–H and O–H groups in total. The largest absolute Gasteiger partial charge is 0.467 e. The summed E-state index contributed by atoms with van der Waals surface area (Å²) in [7, 11) is -2.11. The Hall–Kier alpha value is -2.15. The Bertz CT molecular complexity index is 888. The van der Waals surface area contributed by atoms with Crippen molar-refractivity contribution in [3.63, 3.8) is 0 Å². The van der Waals surface area contributed by atoms with Gasteiger partial charge in [0, 0.05) is 13.7 Å². The molecule has 1 unspecified atom stereocenters. The van der Waals surface area contributed by atoms with Crippen molar-refractivity contribution in [1.29, 1.82) is 0 Å². The van der Waals surface area contributed by atoms with Gasteiger partial charge in [-0.05, 0) is 35.0 Å². The van der Waals surface area contributed by atoms with E-state index in [1.807, 2.05) is 24.3 Å². The molecule has 1 atom stereocenters. The van der Waals surface area contributed by atoms with Crippen molar-refractivity contribution in [2.75, 3.05) is 13.7 Å². The van der Waals surface area contributed by atoms with Crippen molar-refractivity contribution < 1.29 is 17.6 Å². The van der Waals surface area contributed by atoms with Crippen LogP contribution in [0, 0.1) is 0 Å². The average molecular weight is 331 g/mol. The molecule has 6 heteroatoms. The van der Waals surface area contributed by atoms with Gasteiger partial charge in [0.1, 0.15) is 11.9 Å². The zero-order valence-corrected chi connectivity index (χ0v) is 13.4. The van der Waals surface area contributed by atoms with Crippen molar-refractivity contribution in [3.8, 4) is 0 Å². The number of fused-ring (bicyclic) bond motifs is 1. The second-order valence-electron chi connectivity index (χ2n) is 5.10. The Balaban J connectivity index is 1.80. The maximum absolute atomic E-state index is 12.5. The lowest BCUT2D eigenvalue weighted by atomic mass is 10.1. The van der Waals surface area contributed by atoms with E-state index in [4.69, 9.17) is 9.15 Å². The Kier molecular flexibility index (Phi) is 4.47. The van der Waals surface area contributed by atoms with Gasteiger partial charge in [0.15, 0.2) is 0 Å². The Morgan fingerprint density at radius 1 is 1.09 bits per heavy atom. The molecule has 0 saturated heterocycles. The quantitative estimate of drug-likeness (QED) is 0.753. The number of furan rings is 1. The molecule has 0 aliphatic heterocycles. The molecule has 0 spiro atoms. The minimum Gasteiger partial charge on any atom is -0.467 e. The highest BCUT2D eigenvalue weighted by atomic mass is 32.2. The lowest BCUT2D eigenvalue weighted by Crippen LogP contribution is -2.29. The second-order valence-corrected chi connectivity index (χ2v) is 6.87. The lowest BCUT2D eigenvalue weighted by molar-refractivity contribution is 0.0878. The molecule has 1 heterocycles. The molecule has 0 amide bonds. The molecule has 0 aliphatic rings. The number of rotatable bonds is 6. The van der Waals surface area contributed by atoms with Crippen LogP contribution in [-0.4, -0.2) is 22.1 Å². The fraction of sp³-hybridized carbons (Fsp3) is 0.176. The first-order valence-electron chi connectivity index (χ1n) is 7.15. The molecule has 1 aromatic heterocycles. The number of ether oxygens (including phenoxy) is 1. The van der Waals surface area contributed by atoms with E-state index in [-0.39, 0.29) is 11.4 Å². The number of hydrogen-bond donors (Lipinski definition) is 1. The van der Waals surface area contributed by atoms with Gasteiger partial charge in [0.2, 0.25) is 10.0 Å². The van der Waals surface area contributed by atoms with E-state index in [9.17, 15) is 8.42 Å². The lowest BCUT2D eigenvalue weighted by Gasteiger charge is -2.14. The number of benzene rings is 2. The van der Waals surface area contributed by atoms with Crippen LogP contribution in [-0.2, 0) is 14.8 Å². The van der Waals surface area contributed by atoms with Crippen LogP contribution in [0.15, 0.2) is 70.2 Å². The van der Waals surface area contributed by atoms with Gasteiger partial charge >= 0.3 is 0 Å². The third-order valence-corrected chi connectivity index (χ3v) is 5.06. The molecule has 2 aromatic carbocycles. The molecule has 0 radical (unpaired) electrons. The van der Waals surface area contributed by atoms with E-state index < -0.39 is 16.1 Å². The van der Waals surface area contributed by atoms with Gasteiger partial charge in [0.05, 0.1) is 11.2 Å². The topological polar surface area (TPSA) is 68.5 Å². The van der Waals surface area contributed by atoms with Crippen molar-refractivity contribution in [3.05, 3.63) is 66.6 Å². The maximum atomic E-state index is 12.5. The molecular weight excluding hydrogens is 314 g/mol. The summed E-state index contributed by atoms with van der Waals surface area (Å²) < 4.78 is 38.0. The van der Waals surface area contributed by atoms with Gasteiger partial charge < -0.3 is 9.15 Å². The third kappa shape index (κ3) is 3.44. The number of sulfonamides is 1. The highest BCUT2D eigenvalue weighted by molar-refractivity contribution is 7.89. The molecule has 120 valence electrons. The standard InChI is InChI=1S/C17H17NO4S/c1-21-17(16-7-4-10-22-16)12-18-23(19,20)15-9-8-13-5-2-3-6-14(13)11-15/h2-11,17-18H,12H2,1H3. The minimum absolute atomic E-state index is 0.0964. The van der Waals surface area contributed by atoms with E-state index in [1.165, 1.54) is 13.4 Å². The summed E-state index contributed by atoms with van der Waals surface area (Å²) in [5.41, 5.74) is 0.